The number of alkyl halides is 3. The Balaban J connectivity index is 1.42. The Bertz CT molecular complexity index is 1500. The third kappa shape index (κ3) is 4.81. The summed E-state index contributed by atoms with van der Waals surface area (Å²) in [5.41, 5.74) is 6.44. The average Bonchev–Trinajstić information content (AvgIpc) is 3.51. The minimum absolute atomic E-state index is 0.0648. The number of carbonyl (C=O) groups excluding carboxylic acids is 1. The van der Waals surface area contributed by atoms with Gasteiger partial charge < -0.3 is 10.6 Å². The van der Waals surface area contributed by atoms with E-state index in [1.54, 1.807) is 4.68 Å². The fraction of sp³-hybridized carbons (Fsp3) is 0.308. The first-order chi connectivity index (χ1) is 17.5. The second-order valence-electron chi connectivity index (χ2n) is 9.22. The smallest absolute Gasteiger partial charge is 0.345 e. The van der Waals surface area contributed by atoms with Crippen molar-refractivity contribution in [2.45, 2.75) is 53.0 Å². The van der Waals surface area contributed by atoms with Crippen LogP contribution in [0.15, 0.2) is 42.7 Å². The first-order valence-electron chi connectivity index (χ1n) is 11.9. The number of benzene rings is 2. The van der Waals surface area contributed by atoms with Gasteiger partial charge in [0.15, 0.2) is 5.82 Å². The van der Waals surface area contributed by atoms with Crippen LogP contribution in [0.4, 0.5) is 24.8 Å². The van der Waals surface area contributed by atoms with E-state index in [0.29, 0.717) is 29.4 Å². The van der Waals surface area contributed by atoms with Gasteiger partial charge in [-0.3, -0.25) is 9.48 Å². The molecular formula is C26H26F3N7O. The first kappa shape index (κ1) is 24.5. The first-order valence-corrected chi connectivity index (χ1v) is 11.9. The van der Waals surface area contributed by atoms with Crippen molar-refractivity contribution >= 4 is 17.5 Å². The van der Waals surface area contributed by atoms with Crippen LogP contribution < -0.4 is 10.6 Å². The van der Waals surface area contributed by atoms with Gasteiger partial charge in [0.05, 0.1) is 12.2 Å². The molecule has 1 aliphatic rings. The van der Waals surface area contributed by atoms with E-state index in [0.717, 1.165) is 38.2 Å². The number of anilines is 2. The van der Waals surface area contributed by atoms with Crippen molar-refractivity contribution in [1.82, 2.24) is 29.9 Å². The molecule has 0 fully saturated rings. The quantitative estimate of drug-likeness (QED) is 0.356. The summed E-state index contributed by atoms with van der Waals surface area (Å²) in [6.07, 6.45) is -1.52. The minimum Gasteiger partial charge on any atom is -0.345 e. The van der Waals surface area contributed by atoms with Crippen LogP contribution in [0.2, 0.25) is 0 Å². The minimum atomic E-state index is -4.33. The number of hydrogen-bond acceptors (Lipinski definition) is 5. The Morgan fingerprint density at radius 1 is 1.08 bits per heavy atom. The highest BCUT2D eigenvalue weighted by molar-refractivity contribution is 6.00. The largest absolute Gasteiger partial charge is 0.408 e. The molecule has 3 heterocycles. The van der Waals surface area contributed by atoms with E-state index in [2.05, 4.69) is 20.8 Å². The zero-order valence-corrected chi connectivity index (χ0v) is 20.8. The molecule has 1 unspecified atom stereocenters. The molecule has 5 rings (SSSR count). The van der Waals surface area contributed by atoms with Crippen LogP contribution in [0.3, 0.4) is 0 Å². The second kappa shape index (κ2) is 9.06. The molecule has 37 heavy (non-hydrogen) atoms. The van der Waals surface area contributed by atoms with Crippen LogP contribution in [0.5, 0.6) is 0 Å². The van der Waals surface area contributed by atoms with Gasteiger partial charge in [-0.15, -0.1) is 5.10 Å². The monoisotopic (exact) mass is 509 g/mol. The molecule has 0 bridgehead atoms. The number of halogens is 3. The van der Waals surface area contributed by atoms with Gasteiger partial charge in [0, 0.05) is 35.1 Å². The summed E-state index contributed by atoms with van der Waals surface area (Å²) in [5.74, 6) is 1.04. The van der Waals surface area contributed by atoms with E-state index in [1.807, 2.05) is 58.0 Å². The second-order valence-corrected chi connectivity index (χ2v) is 9.22. The van der Waals surface area contributed by atoms with Crippen LogP contribution in [0, 0.1) is 13.8 Å². The molecular weight excluding hydrogens is 483 g/mol. The number of nitrogens with one attached hydrogen (secondary N) is 2. The predicted molar refractivity (Wildman–Crippen MR) is 133 cm³/mol. The van der Waals surface area contributed by atoms with Crippen molar-refractivity contribution in [2.75, 3.05) is 5.32 Å². The Morgan fingerprint density at radius 3 is 2.57 bits per heavy atom. The number of rotatable bonds is 6. The van der Waals surface area contributed by atoms with Crippen molar-refractivity contribution in [2.24, 2.45) is 0 Å². The van der Waals surface area contributed by atoms with Gasteiger partial charge in [-0.25, -0.2) is 4.68 Å². The Hall–Kier alpha value is -4.15. The summed E-state index contributed by atoms with van der Waals surface area (Å²) in [6, 6.07) is 9.37. The molecule has 0 aliphatic carbocycles. The molecule has 0 radical (unpaired) electrons. The van der Waals surface area contributed by atoms with Gasteiger partial charge in [-0.2, -0.15) is 23.3 Å². The molecule has 11 heteroatoms. The van der Waals surface area contributed by atoms with E-state index >= 15 is 0 Å². The molecule has 0 saturated heterocycles. The van der Waals surface area contributed by atoms with Crippen molar-refractivity contribution in [1.29, 1.82) is 0 Å². The Kier molecular flexibility index (Phi) is 6.01. The fourth-order valence-electron chi connectivity index (χ4n) is 4.53. The maximum atomic E-state index is 12.7. The number of amides is 1. The van der Waals surface area contributed by atoms with Gasteiger partial charge in [0.2, 0.25) is 5.95 Å². The molecule has 8 nitrogen and oxygen atoms in total. The highest BCUT2D eigenvalue weighted by Gasteiger charge is 2.29. The molecule has 2 N–H and O–H groups in total. The van der Waals surface area contributed by atoms with E-state index in [9.17, 15) is 18.0 Å². The van der Waals surface area contributed by atoms with Crippen molar-refractivity contribution in [3.63, 3.8) is 0 Å². The molecule has 2 aromatic heterocycles. The Labute approximate surface area is 211 Å². The van der Waals surface area contributed by atoms with Gasteiger partial charge in [-0.05, 0) is 62.1 Å². The molecule has 1 atom stereocenters. The van der Waals surface area contributed by atoms with Crippen molar-refractivity contribution in [3.05, 3.63) is 65.0 Å². The summed E-state index contributed by atoms with van der Waals surface area (Å²) >= 11 is 0. The molecule has 0 spiro atoms. The van der Waals surface area contributed by atoms with Crippen molar-refractivity contribution in [3.8, 4) is 22.5 Å². The number of hydrogen-bond donors (Lipinski definition) is 2. The van der Waals surface area contributed by atoms with Crippen LogP contribution in [0.1, 0.15) is 46.9 Å². The molecule has 1 amide bonds. The van der Waals surface area contributed by atoms with Gasteiger partial charge in [-0.1, -0.05) is 18.2 Å². The molecule has 2 aromatic carbocycles. The predicted octanol–water partition coefficient (Wildman–Crippen LogP) is 5.56. The van der Waals surface area contributed by atoms with Gasteiger partial charge in [0.25, 0.3) is 5.91 Å². The van der Waals surface area contributed by atoms with E-state index < -0.39 is 12.7 Å². The highest BCUT2D eigenvalue weighted by Crippen LogP contribution is 2.33. The summed E-state index contributed by atoms with van der Waals surface area (Å²) in [6.45, 7) is 7.22. The van der Waals surface area contributed by atoms with E-state index in [1.165, 1.54) is 12.4 Å². The molecule has 192 valence electrons. The SMILES string of the molecule is CCn1nc(-c2ccc(-c3cnn(CC(F)(F)F)c3)cc2C)nc1Nc1cc2c(cc1C)C(=O)NC2C. The average molecular weight is 510 g/mol. The lowest BCUT2D eigenvalue weighted by molar-refractivity contribution is -0.142. The number of nitrogens with zero attached hydrogens (tertiary/aromatic N) is 5. The number of fused-ring (bicyclic) bond motifs is 1. The molecule has 0 saturated carbocycles. The number of aromatic nitrogens is 5. The standard InChI is InChI=1S/C26H26F3N7O/c1-5-36-25(32-22-10-20-16(4)31-24(37)21(20)9-15(22)3)33-23(34-36)19-7-6-17(8-14(19)2)18-11-30-35(12-18)13-26(27,28)29/h6-12,16H,5,13H2,1-4H3,(H,31,37)(H,32,33,34). The zero-order chi connectivity index (χ0) is 26.5. The maximum absolute atomic E-state index is 12.7. The van der Waals surface area contributed by atoms with Crippen LogP contribution in [0.25, 0.3) is 22.5 Å². The summed E-state index contributed by atoms with van der Waals surface area (Å²) in [4.78, 5) is 16.9. The van der Waals surface area contributed by atoms with Crippen LogP contribution >= 0.6 is 0 Å². The summed E-state index contributed by atoms with van der Waals surface area (Å²) in [7, 11) is 0. The van der Waals surface area contributed by atoms with Crippen LogP contribution in [-0.4, -0.2) is 36.6 Å². The highest BCUT2D eigenvalue weighted by atomic mass is 19.4. The Morgan fingerprint density at radius 2 is 1.86 bits per heavy atom. The number of carbonyl (C=O) groups is 1. The topological polar surface area (TPSA) is 89.7 Å². The summed E-state index contributed by atoms with van der Waals surface area (Å²) in [5, 5.41) is 14.8. The van der Waals surface area contributed by atoms with E-state index in [-0.39, 0.29) is 11.9 Å². The van der Waals surface area contributed by atoms with Gasteiger partial charge in [0.1, 0.15) is 6.54 Å². The lowest BCUT2D eigenvalue weighted by Crippen LogP contribution is -2.17. The molecule has 4 aromatic rings. The fourth-order valence-corrected chi connectivity index (χ4v) is 4.53. The van der Waals surface area contributed by atoms with Crippen LogP contribution in [-0.2, 0) is 13.1 Å². The van der Waals surface area contributed by atoms with E-state index in [4.69, 9.17) is 4.98 Å². The summed E-state index contributed by atoms with van der Waals surface area (Å²) < 4.78 is 40.7. The van der Waals surface area contributed by atoms with Crippen molar-refractivity contribution < 1.29 is 18.0 Å². The maximum Gasteiger partial charge on any atom is 0.408 e. The molecule has 1 aliphatic heterocycles. The normalized spacial score (nSPS) is 15.1. The van der Waals surface area contributed by atoms with Gasteiger partial charge >= 0.3 is 6.18 Å². The zero-order valence-electron chi connectivity index (χ0n) is 20.8. The number of aryl methyl sites for hydroxylation is 3. The lowest BCUT2D eigenvalue weighted by atomic mass is 10.0. The third-order valence-electron chi connectivity index (χ3n) is 6.45. The lowest BCUT2D eigenvalue weighted by Gasteiger charge is -2.12. The third-order valence-corrected chi connectivity index (χ3v) is 6.45.